The molecule has 1 fully saturated rings. The van der Waals surface area contributed by atoms with Crippen LogP contribution in [-0.2, 0) is 4.79 Å². The van der Waals surface area contributed by atoms with Gasteiger partial charge in [-0.2, -0.15) is 0 Å². The van der Waals surface area contributed by atoms with Crippen LogP contribution in [0.25, 0.3) is 0 Å². The minimum absolute atomic E-state index is 0.0299. The Morgan fingerprint density at radius 2 is 2.29 bits per heavy atom. The minimum Gasteiger partial charge on any atom is -0.355 e. The van der Waals surface area contributed by atoms with Crippen molar-refractivity contribution < 1.29 is 4.79 Å². The van der Waals surface area contributed by atoms with E-state index in [9.17, 15) is 4.79 Å². The predicted molar refractivity (Wildman–Crippen MR) is 56.8 cm³/mol. The first-order valence-corrected chi connectivity index (χ1v) is 5.16. The van der Waals surface area contributed by atoms with E-state index >= 15 is 0 Å². The first-order valence-electron chi connectivity index (χ1n) is 5.16. The third-order valence-corrected chi connectivity index (χ3v) is 2.87. The van der Waals surface area contributed by atoms with Crippen LogP contribution in [0.2, 0.25) is 0 Å². The third kappa shape index (κ3) is 3.27. The summed E-state index contributed by atoms with van der Waals surface area (Å²) in [6.07, 6.45) is 1.05. The summed E-state index contributed by atoms with van der Waals surface area (Å²) in [5, 5.41) is 6.19. The van der Waals surface area contributed by atoms with Gasteiger partial charge in [-0.05, 0) is 26.2 Å². The molecule has 1 heterocycles. The van der Waals surface area contributed by atoms with E-state index in [2.05, 4.69) is 24.5 Å². The summed E-state index contributed by atoms with van der Waals surface area (Å²) in [7, 11) is 0. The molecule has 0 aliphatic carbocycles. The van der Waals surface area contributed by atoms with E-state index in [1.165, 1.54) is 0 Å². The molecule has 1 amide bonds. The highest BCUT2D eigenvalue weighted by atomic mass is 16.1. The van der Waals surface area contributed by atoms with Crippen molar-refractivity contribution in [3.05, 3.63) is 0 Å². The topological polar surface area (TPSA) is 67.2 Å². The molecule has 2 atom stereocenters. The van der Waals surface area contributed by atoms with E-state index in [1.54, 1.807) is 6.92 Å². The van der Waals surface area contributed by atoms with Gasteiger partial charge in [0.1, 0.15) is 0 Å². The van der Waals surface area contributed by atoms with Gasteiger partial charge in [-0.15, -0.1) is 0 Å². The molecular weight excluding hydrogens is 178 g/mol. The van der Waals surface area contributed by atoms with E-state index < -0.39 is 0 Å². The molecule has 0 bridgehead atoms. The Balaban J connectivity index is 2.31. The zero-order chi connectivity index (χ0) is 10.8. The van der Waals surface area contributed by atoms with Gasteiger partial charge in [-0.1, -0.05) is 0 Å². The van der Waals surface area contributed by atoms with Crippen molar-refractivity contribution in [1.29, 1.82) is 0 Å². The van der Waals surface area contributed by atoms with E-state index in [4.69, 9.17) is 5.73 Å². The molecule has 0 saturated carbocycles. The molecule has 0 radical (unpaired) electrons. The Bertz CT molecular complexity index is 210. The van der Waals surface area contributed by atoms with Crippen LogP contribution in [-0.4, -0.2) is 30.6 Å². The molecule has 82 valence electrons. The second-order valence-electron chi connectivity index (χ2n) is 4.80. The van der Waals surface area contributed by atoms with Crippen molar-refractivity contribution in [2.24, 2.45) is 11.7 Å². The Morgan fingerprint density at radius 1 is 1.64 bits per heavy atom. The standard InChI is InChI=1S/C10H21N3O/c1-7(14)12-6-9-4-8(5-13-9)10(2,3)11/h8-9,13H,4-6,11H2,1-3H3,(H,12,14)/t8?,9-/m0/s1. The molecule has 0 aromatic heterocycles. The number of nitrogens with two attached hydrogens (primary N) is 1. The molecular formula is C10H21N3O. The van der Waals surface area contributed by atoms with Gasteiger partial charge in [0.2, 0.25) is 5.91 Å². The average molecular weight is 199 g/mol. The average Bonchev–Trinajstić information content (AvgIpc) is 2.47. The van der Waals surface area contributed by atoms with Crippen molar-refractivity contribution in [2.45, 2.75) is 38.8 Å². The molecule has 1 unspecified atom stereocenters. The van der Waals surface area contributed by atoms with E-state index in [-0.39, 0.29) is 11.4 Å². The van der Waals surface area contributed by atoms with Gasteiger partial charge in [0.05, 0.1) is 0 Å². The highest BCUT2D eigenvalue weighted by Crippen LogP contribution is 2.23. The number of hydrogen-bond acceptors (Lipinski definition) is 3. The Hall–Kier alpha value is -0.610. The van der Waals surface area contributed by atoms with Crippen LogP contribution in [0.3, 0.4) is 0 Å². The SMILES string of the molecule is CC(=O)NC[C@@H]1CC(C(C)(C)N)CN1. The number of nitrogens with one attached hydrogen (secondary N) is 2. The number of hydrogen-bond donors (Lipinski definition) is 3. The zero-order valence-corrected chi connectivity index (χ0v) is 9.26. The van der Waals surface area contributed by atoms with Crippen LogP contribution >= 0.6 is 0 Å². The van der Waals surface area contributed by atoms with Crippen molar-refractivity contribution in [2.75, 3.05) is 13.1 Å². The van der Waals surface area contributed by atoms with Crippen molar-refractivity contribution in [3.8, 4) is 0 Å². The lowest BCUT2D eigenvalue weighted by Gasteiger charge is -2.26. The van der Waals surface area contributed by atoms with E-state index in [0.717, 1.165) is 13.0 Å². The molecule has 1 saturated heterocycles. The molecule has 4 heteroatoms. The monoisotopic (exact) mass is 199 g/mol. The fourth-order valence-electron chi connectivity index (χ4n) is 1.81. The van der Waals surface area contributed by atoms with Crippen LogP contribution in [0.15, 0.2) is 0 Å². The quantitative estimate of drug-likeness (QED) is 0.591. The molecule has 1 rings (SSSR count). The highest BCUT2D eigenvalue weighted by molar-refractivity contribution is 5.72. The van der Waals surface area contributed by atoms with Crippen LogP contribution in [0.5, 0.6) is 0 Å². The van der Waals surface area contributed by atoms with Crippen molar-refractivity contribution in [3.63, 3.8) is 0 Å². The molecule has 0 aromatic rings. The molecule has 1 aliphatic rings. The summed E-state index contributed by atoms with van der Waals surface area (Å²) >= 11 is 0. The van der Waals surface area contributed by atoms with Crippen LogP contribution in [0.1, 0.15) is 27.2 Å². The van der Waals surface area contributed by atoms with Gasteiger partial charge in [0, 0.05) is 31.6 Å². The summed E-state index contributed by atoms with van der Waals surface area (Å²) in [5.41, 5.74) is 5.90. The van der Waals surface area contributed by atoms with Gasteiger partial charge < -0.3 is 16.4 Å². The largest absolute Gasteiger partial charge is 0.355 e. The summed E-state index contributed by atoms with van der Waals surface area (Å²) in [6, 6.07) is 0.381. The molecule has 4 nitrogen and oxygen atoms in total. The number of amides is 1. The first-order chi connectivity index (χ1) is 6.39. The molecule has 0 aromatic carbocycles. The summed E-state index contributed by atoms with van der Waals surface area (Å²) in [5.74, 6) is 0.531. The maximum absolute atomic E-state index is 10.7. The summed E-state index contributed by atoms with van der Waals surface area (Å²) in [6.45, 7) is 7.31. The fourth-order valence-corrected chi connectivity index (χ4v) is 1.81. The smallest absolute Gasteiger partial charge is 0.216 e. The second kappa shape index (κ2) is 4.28. The lowest BCUT2D eigenvalue weighted by molar-refractivity contribution is -0.119. The normalized spacial score (nSPS) is 27.7. The highest BCUT2D eigenvalue weighted by Gasteiger charge is 2.32. The number of carbonyl (C=O) groups excluding carboxylic acids is 1. The fraction of sp³-hybridized carbons (Fsp3) is 0.900. The van der Waals surface area contributed by atoms with Crippen molar-refractivity contribution in [1.82, 2.24) is 10.6 Å². The second-order valence-corrected chi connectivity index (χ2v) is 4.80. The maximum Gasteiger partial charge on any atom is 0.216 e. The maximum atomic E-state index is 10.7. The van der Waals surface area contributed by atoms with Crippen LogP contribution in [0.4, 0.5) is 0 Å². The van der Waals surface area contributed by atoms with Crippen LogP contribution in [0, 0.1) is 5.92 Å². The van der Waals surface area contributed by atoms with Gasteiger partial charge >= 0.3 is 0 Å². The van der Waals surface area contributed by atoms with Crippen molar-refractivity contribution >= 4 is 5.91 Å². The lowest BCUT2D eigenvalue weighted by Crippen LogP contribution is -2.41. The van der Waals surface area contributed by atoms with Gasteiger partial charge in [0.15, 0.2) is 0 Å². The Morgan fingerprint density at radius 3 is 2.71 bits per heavy atom. The lowest BCUT2D eigenvalue weighted by atomic mass is 9.86. The molecule has 14 heavy (non-hydrogen) atoms. The van der Waals surface area contributed by atoms with Gasteiger partial charge in [-0.3, -0.25) is 4.79 Å². The van der Waals surface area contributed by atoms with Crippen LogP contribution < -0.4 is 16.4 Å². The zero-order valence-electron chi connectivity index (χ0n) is 9.26. The van der Waals surface area contributed by atoms with E-state index in [0.29, 0.717) is 18.5 Å². The predicted octanol–water partition coefficient (Wildman–Crippen LogP) is -0.162. The van der Waals surface area contributed by atoms with Gasteiger partial charge in [0.25, 0.3) is 0 Å². The summed E-state index contributed by atoms with van der Waals surface area (Å²) < 4.78 is 0. The Labute approximate surface area is 85.6 Å². The number of carbonyl (C=O) groups is 1. The number of rotatable bonds is 3. The molecule has 0 spiro atoms. The molecule has 4 N–H and O–H groups in total. The third-order valence-electron chi connectivity index (χ3n) is 2.87. The Kier molecular flexibility index (Phi) is 3.50. The first kappa shape index (κ1) is 11.5. The van der Waals surface area contributed by atoms with E-state index in [1.807, 2.05) is 0 Å². The summed E-state index contributed by atoms with van der Waals surface area (Å²) in [4.78, 5) is 10.7. The molecule has 1 aliphatic heterocycles. The minimum atomic E-state index is -0.127. The van der Waals surface area contributed by atoms with Gasteiger partial charge in [-0.25, -0.2) is 0 Å².